The summed E-state index contributed by atoms with van der Waals surface area (Å²) in [5.74, 6) is 0.610. The van der Waals surface area contributed by atoms with Gasteiger partial charge in [0, 0.05) is 35.3 Å². The molecule has 1 atom stereocenters. The van der Waals surface area contributed by atoms with Gasteiger partial charge in [-0.15, -0.1) is 11.8 Å². The van der Waals surface area contributed by atoms with Gasteiger partial charge in [0.2, 0.25) is 11.8 Å². The van der Waals surface area contributed by atoms with Gasteiger partial charge in [0.15, 0.2) is 0 Å². The number of rotatable bonds is 13. The zero-order valence-corrected chi connectivity index (χ0v) is 22.8. The number of benzene rings is 3. The highest BCUT2D eigenvalue weighted by molar-refractivity contribution is 7.99. The summed E-state index contributed by atoms with van der Waals surface area (Å²) in [6, 6.07) is 24.2. The molecule has 2 amide bonds. The average Bonchev–Trinajstić information content (AvgIpc) is 2.88. The Morgan fingerprint density at radius 3 is 2.39 bits per heavy atom. The number of hydrogen-bond acceptors (Lipinski definition) is 3. The van der Waals surface area contributed by atoms with E-state index < -0.39 is 6.04 Å². The van der Waals surface area contributed by atoms with Crippen LogP contribution in [0.1, 0.15) is 36.5 Å². The molecule has 4 nitrogen and oxygen atoms in total. The average molecular weight is 544 g/mol. The summed E-state index contributed by atoms with van der Waals surface area (Å²) < 4.78 is 0. The maximum atomic E-state index is 13.6. The predicted octanol–water partition coefficient (Wildman–Crippen LogP) is 6.78. The van der Waals surface area contributed by atoms with Crippen molar-refractivity contribution in [1.29, 1.82) is 0 Å². The molecule has 0 aromatic heterocycles. The van der Waals surface area contributed by atoms with Crippen LogP contribution < -0.4 is 5.32 Å². The molecule has 0 heterocycles. The van der Waals surface area contributed by atoms with Crippen molar-refractivity contribution >= 4 is 46.8 Å². The van der Waals surface area contributed by atoms with Gasteiger partial charge in [0.25, 0.3) is 0 Å². The molecular weight excluding hydrogens is 511 g/mol. The second-order valence-corrected chi connectivity index (χ2v) is 10.4. The van der Waals surface area contributed by atoms with Crippen LogP contribution in [0.25, 0.3) is 0 Å². The summed E-state index contributed by atoms with van der Waals surface area (Å²) in [6.45, 7) is 2.96. The third-order valence-electron chi connectivity index (χ3n) is 5.78. The lowest BCUT2D eigenvalue weighted by molar-refractivity contribution is -0.139. The van der Waals surface area contributed by atoms with Gasteiger partial charge in [-0.3, -0.25) is 9.59 Å². The van der Waals surface area contributed by atoms with Crippen molar-refractivity contribution in [3.63, 3.8) is 0 Å². The van der Waals surface area contributed by atoms with Gasteiger partial charge in [-0.05, 0) is 41.3 Å². The SMILES string of the molecule is CCCCNC(=O)[C@@H](Cc1ccccc1)N(Cc1cccc(Cl)c1)C(=O)CSCc1ccccc1Cl. The van der Waals surface area contributed by atoms with Gasteiger partial charge in [-0.1, -0.05) is 97.2 Å². The molecular formula is C29H32Cl2N2O2S. The number of halogens is 2. The quantitative estimate of drug-likeness (QED) is 0.242. The number of hydrogen-bond donors (Lipinski definition) is 1. The first-order valence-electron chi connectivity index (χ1n) is 12.1. The van der Waals surface area contributed by atoms with Gasteiger partial charge >= 0.3 is 0 Å². The standard InChI is InChI=1S/C29H32Cl2N2O2S/c1-2-3-16-32-29(35)27(18-22-10-5-4-6-11-22)33(19-23-12-9-14-25(30)17-23)28(34)21-36-20-24-13-7-8-15-26(24)31/h4-15,17,27H,2-3,16,18-21H2,1H3,(H,32,35)/t27-/m1/s1. The van der Waals surface area contributed by atoms with Crippen molar-refractivity contribution < 1.29 is 9.59 Å². The van der Waals surface area contributed by atoms with Crippen LogP contribution in [0.15, 0.2) is 78.9 Å². The van der Waals surface area contributed by atoms with Crippen LogP contribution in [0.5, 0.6) is 0 Å². The molecule has 36 heavy (non-hydrogen) atoms. The molecule has 7 heteroatoms. The summed E-state index contributed by atoms with van der Waals surface area (Å²) >= 11 is 14.0. The molecule has 190 valence electrons. The van der Waals surface area contributed by atoms with E-state index in [0.717, 1.165) is 29.5 Å². The number of nitrogens with one attached hydrogen (secondary N) is 1. The topological polar surface area (TPSA) is 49.4 Å². The molecule has 0 aliphatic heterocycles. The van der Waals surface area contributed by atoms with Crippen molar-refractivity contribution in [1.82, 2.24) is 10.2 Å². The molecule has 0 unspecified atom stereocenters. The van der Waals surface area contributed by atoms with Crippen LogP contribution in [-0.2, 0) is 28.3 Å². The number of unbranched alkanes of at least 4 members (excludes halogenated alkanes) is 1. The number of carbonyl (C=O) groups excluding carboxylic acids is 2. The molecule has 3 aromatic carbocycles. The lowest BCUT2D eigenvalue weighted by Crippen LogP contribution is -2.51. The Hall–Kier alpha value is -2.47. The van der Waals surface area contributed by atoms with Gasteiger partial charge < -0.3 is 10.2 Å². The third-order valence-corrected chi connectivity index (χ3v) is 7.35. The highest BCUT2D eigenvalue weighted by Crippen LogP contribution is 2.23. The summed E-state index contributed by atoms with van der Waals surface area (Å²) in [5, 5.41) is 4.33. The lowest BCUT2D eigenvalue weighted by atomic mass is 10.0. The van der Waals surface area contributed by atoms with Gasteiger partial charge in [-0.25, -0.2) is 0 Å². The smallest absolute Gasteiger partial charge is 0.243 e. The van der Waals surface area contributed by atoms with Crippen LogP contribution in [0.4, 0.5) is 0 Å². The minimum absolute atomic E-state index is 0.0985. The Kier molecular flexibility index (Phi) is 11.7. The van der Waals surface area contributed by atoms with Crippen LogP contribution in [0.3, 0.4) is 0 Å². The molecule has 0 aliphatic carbocycles. The van der Waals surface area contributed by atoms with E-state index in [2.05, 4.69) is 12.2 Å². The molecule has 0 saturated heterocycles. The maximum absolute atomic E-state index is 13.6. The zero-order chi connectivity index (χ0) is 25.8. The van der Waals surface area contributed by atoms with Crippen molar-refractivity contribution in [2.45, 2.75) is 44.5 Å². The van der Waals surface area contributed by atoms with Crippen molar-refractivity contribution in [3.8, 4) is 0 Å². The summed E-state index contributed by atoms with van der Waals surface area (Å²) in [4.78, 5) is 28.7. The fourth-order valence-electron chi connectivity index (χ4n) is 3.84. The third kappa shape index (κ3) is 8.88. The highest BCUT2D eigenvalue weighted by Gasteiger charge is 2.30. The number of amides is 2. The Morgan fingerprint density at radius 1 is 0.944 bits per heavy atom. The molecule has 0 saturated carbocycles. The second-order valence-electron chi connectivity index (χ2n) is 8.59. The first-order chi connectivity index (χ1) is 17.5. The minimum atomic E-state index is -0.642. The molecule has 0 radical (unpaired) electrons. The number of thioether (sulfide) groups is 1. The molecule has 0 bridgehead atoms. The molecule has 0 fully saturated rings. The van der Waals surface area contributed by atoms with E-state index in [0.29, 0.717) is 35.3 Å². The van der Waals surface area contributed by atoms with E-state index in [1.165, 1.54) is 11.8 Å². The van der Waals surface area contributed by atoms with Gasteiger partial charge in [-0.2, -0.15) is 0 Å². The Balaban J connectivity index is 1.84. The zero-order valence-electron chi connectivity index (χ0n) is 20.5. The van der Waals surface area contributed by atoms with E-state index in [-0.39, 0.29) is 17.6 Å². The number of carbonyl (C=O) groups is 2. The lowest BCUT2D eigenvalue weighted by Gasteiger charge is -2.31. The Labute approximate surface area is 228 Å². The highest BCUT2D eigenvalue weighted by atomic mass is 35.5. The molecule has 0 aliphatic rings. The van der Waals surface area contributed by atoms with Crippen LogP contribution in [0.2, 0.25) is 10.0 Å². The van der Waals surface area contributed by atoms with E-state index in [1.54, 1.807) is 11.0 Å². The first-order valence-corrected chi connectivity index (χ1v) is 14.1. The van der Waals surface area contributed by atoms with Crippen molar-refractivity contribution in [2.75, 3.05) is 12.3 Å². The maximum Gasteiger partial charge on any atom is 0.243 e. The predicted molar refractivity (Wildman–Crippen MR) is 151 cm³/mol. The Bertz CT molecular complexity index is 1130. The summed E-state index contributed by atoms with van der Waals surface area (Å²) in [5.41, 5.74) is 2.86. The minimum Gasteiger partial charge on any atom is -0.354 e. The van der Waals surface area contributed by atoms with Gasteiger partial charge in [0.1, 0.15) is 6.04 Å². The number of nitrogens with zero attached hydrogens (tertiary/aromatic N) is 1. The summed E-state index contributed by atoms with van der Waals surface area (Å²) in [6.07, 6.45) is 2.30. The monoisotopic (exact) mass is 542 g/mol. The molecule has 3 rings (SSSR count). The van der Waals surface area contributed by atoms with E-state index in [1.807, 2.05) is 72.8 Å². The van der Waals surface area contributed by atoms with Crippen LogP contribution in [0, 0.1) is 0 Å². The van der Waals surface area contributed by atoms with Crippen LogP contribution >= 0.6 is 35.0 Å². The molecule has 3 aromatic rings. The summed E-state index contributed by atoms with van der Waals surface area (Å²) in [7, 11) is 0. The largest absolute Gasteiger partial charge is 0.354 e. The van der Waals surface area contributed by atoms with Gasteiger partial charge in [0.05, 0.1) is 5.75 Å². The van der Waals surface area contributed by atoms with Crippen LogP contribution in [-0.4, -0.2) is 35.1 Å². The fourth-order valence-corrected chi connectivity index (χ4v) is 5.25. The van der Waals surface area contributed by atoms with E-state index in [9.17, 15) is 9.59 Å². The second kappa shape index (κ2) is 14.9. The van der Waals surface area contributed by atoms with E-state index >= 15 is 0 Å². The van der Waals surface area contributed by atoms with Crippen molar-refractivity contribution in [2.24, 2.45) is 0 Å². The first kappa shape index (κ1) is 28.1. The molecule has 1 N–H and O–H groups in total. The fraction of sp³-hybridized carbons (Fsp3) is 0.310. The van der Waals surface area contributed by atoms with Crippen molar-refractivity contribution in [3.05, 3.63) is 106 Å². The normalized spacial score (nSPS) is 11.6. The van der Waals surface area contributed by atoms with E-state index in [4.69, 9.17) is 23.2 Å². The molecule has 0 spiro atoms. The Morgan fingerprint density at radius 2 is 1.67 bits per heavy atom.